The van der Waals surface area contributed by atoms with E-state index in [1.54, 1.807) is 27.0 Å². The molecule has 3 N–H and O–H groups in total. The maximum atomic E-state index is 12.7. The summed E-state index contributed by atoms with van der Waals surface area (Å²) in [7, 11) is 0. The van der Waals surface area contributed by atoms with Gasteiger partial charge in [0.1, 0.15) is 11.6 Å². The number of hydrogen-bond acceptors (Lipinski definition) is 3. The molecule has 2 aromatic rings. The van der Waals surface area contributed by atoms with E-state index in [-0.39, 0.29) is 11.8 Å². The minimum absolute atomic E-state index is 0.0952. The van der Waals surface area contributed by atoms with Crippen molar-refractivity contribution in [1.82, 2.24) is 15.6 Å². The number of para-hydroxylation sites is 1. The Morgan fingerprint density at radius 1 is 1.16 bits per heavy atom. The Kier molecular flexibility index (Phi) is 8.08. The summed E-state index contributed by atoms with van der Waals surface area (Å²) in [6.45, 7) is 13.3. The number of carbonyl (C=O) groups excluding carboxylic acids is 2. The third-order valence-corrected chi connectivity index (χ3v) is 4.64. The maximum absolute atomic E-state index is 12.7. The Labute approximate surface area is 185 Å². The van der Waals surface area contributed by atoms with Crippen LogP contribution >= 0.6 is 0 Å². The van der Waals surface area contributed by atoms with Gasteiger partial charge in [-0.25, -0.2) is 4.79 Å². The van der Waals surface area contributed by atoms with Gasteiger partial charge in [0.25, 0.3) is 0 Å². The molecule has 2 rings (SSSR count). The third kappa shape index (κ3) is 7.31. The molecule has 0 spiro atoms. The molecule has 6 heteroatoms. The summed E-state index contributed by atoms with van der Waals surface area (Å²) in [6.07, 6.45) is 5.87. The van der Waals surface area contributed by atoms with Crippen molar-refractivity contribution >= 4 is 29.0 Å². The molecular weight excluding hydrogens is 390 g/mol. The van der Waals surface area contributed by atoms with Crippen LogP contribution in [0.2, 0.25) is 0 Å². The van der Waals surface area contributed by atoms with Crippen LogP contribution in [0.4, 0.5) is 4.79 Å². The number of aromatic nitrogens is 1. The molecule has 0 aliphatic rings. The molecular formula is C25H35N3O3. The van der Waals surface area contributed by atoms with Crippen LogP contribution in [0.25, 0.3) is 17.0 Å². The van der Waals surface area contributed by atoms with Gasteiger partial charge in [0.2, 0.25) is 5.91 Å². The number of rotatable bonds is 7. The molecule has 31 heavy (non-hydrogen) atoms. The largest absolute Gasteiger partial charge is 0.444 e. The number of allylic oxidation sites excluding steroid dienone is 2. The van der Waals surface area contributed by atoms with Gasteiger partial charge < -0.3 is 20.4 Å². The van der Waals surface area contributed by atoms with Crippen molar-refractivity contribution in [2.45, 2.75) is 66.5 Å². The molecule has 0 bridgehead atoms. The molecule has 1 atom stereocenters. The van der Waals surface area contributed by atoms with Gasteiger partial charge >= 0.3 is 6.09 Å². The number of carbonyl (C=O) groups is 2. The van der Waals surface area contributed by atoms with Crippen molar-refractivity contribution in [2.24, 2.45) is 5.92 Å². The van der Waals surface area contributed by atoms with E-state index < -0.39 is 17.7 Å². The van der Waals surface area contributed by atoms with Gasteiger partial charge in [-0.05, 0) is 52.7 Å². The monoisotopic (exact) mass is 425 g/mol. The highest BCUT2D eigenvalue weighted by Crippen LogP contribution is 2.24. The van der Waals surface area contributed by atoms with Crippen molar-refractivity contribution in [3.05, 3.63) is 53.4 Å². The highest BCUT2D eigenvalue weighted by molar-refractivity contribution is 5.92. The van der Waals surface area contributed by atoms with Crippen LogP contribution in [0, 0.1) is 5.92 Å². The summed E-state index contributed by atoms with van der Waals surface area (Å²) >= 11 is 0. The quantitative estimate of drug-likeness (QED) is 0.526. The van der Waals surface area contributed by atoms with Crippen LogP contribution in [0.15, 0.2) is 42.1 Å². The minimum atomic E-state index is -0.701. The van der Waals surface area contributed by atoms with Crippen LogP contribution in [0.3, 0.4) is 0 Å². The molecule has 0 fully saturated rings. The topological polar surface area (TPSA) is 83.2 Å². The van der Waals surface area contributed by atoms with E-state index in [1.165, 1.54) is 5.57 Å². The fourth-order valence-electron chi connectivity index (χ4n) is 3.14. The number of fused-ring (bicyclic) bond motifs is 1. The number of nitrogens with one attached hydrogen (secondary N) is 3. The van der Waals surface area contributed by atoms with Crippen molar-refractivity contribution in [2.75, 3.05) is 0 Å². The Morgan fingerprint density at radius 2 is 1.84 bits per heavy atom. The van der Waals surface area contributed by atoms with Crippen LogP contribution < -0.4 is 10.6 Å². The zero-order valence-corrected chi connectivity index (χ0v) is 19.6. The van der Waals surface area contributed by atoms with E-state index in [0.29, 0.717) is 0 Å². The Bertz CT molecular complexity index is 974. The first-order valence-electron chi connectivity index (χ1n) is 10.7. The van der Waals surface area contributed by atoms with Gasteiger partial charge in [0.05, 0.1) is 0 Å². The van der Waals surface area contributed by atoms with Crippen LogP contribution in [0.1, 0.15) is 59.7 Å². The second kappa shape index (κ2) is 10.3. The van der Waals surface area contributed by atoms with Gasteiger partial charge in [0, 0.05) is 34.8 Å². The Morgan fingerprint density at radius 3 is 2.45 bits per heavy atom. The second-order valence-corrected chi connectivity index (χ2v) is 9.26. The third-order valence-electron chi connectivity index (χ3n) is 4.64. The van der Waals surface area contributed by atoms with E-state index in [1.807, 2.05) is 38.1 Å². The summed E-state index contributed by atoms with van der Waals surface area (Å²) in [5.74, 6) is -0.384. The van der Waals surface area contributed by atoms with E-state index in [9.17, 15) is 9.59 Å². The summed E-state index contributed by atoms with van der Waals surface area (Å²) in [6, 6.07) is 7.38. The molecule has 168 valence electrons. The standard InChI is InChI=1S/C25H35N3O3/c1-16(2)12-13-21-19(18-10-8-9-11-20(18)27-21)14-15-26-23(29)22(17(3)4)28-24(30)31-25(5,6)7/h8-12,14-15,17,22,27H,13H2,1-7H3,(H,26,29)(H,28,30)/b15-14-/t22-/m0/s1. The highest BCUT2D eigenvalue weighted by Gasteiger charge is 2.26. The van der Waals surface area contributed by atoms with Crippen molar-refractivity contribution < 1.29 is 14.3 Å². The van der Waals surface area contributed by atoms with E-state index in [2.05, 4.69) is 41.6 Å². The fourth-order valence-corrected chi connectivity index (χ4v) is 3.14. The van der Waals surface area contributed by atoms with Gasteiger partial charge in [-0.1, -0.05) is 43.7 Å². The number of alkyl carbamates (subject to hydrolysis) is 1. The molecule has 6 nitrogen and oxygen atoms in total. The van der Waals surface area contributed by atoms with Gasteiger partial charge in [-0.15, -0.1) is 0 Å². The van der Waals surface area contributed by atoms with Gasteiger partial charge in [0.15, 0.2) is 0 Å². The Balaban J connectivity index is 2.16. The number of amides is 2. The molecule has 1 aromatic heterocycles. The smallest absolute Gasteiger partial charge is 0.408 e. The van der Waals surface area contributed by atoms with Crippen LogP contribution in [0.5, 0.6) is 0 Å². The molecule has 0 aliphatic carbocycles. The van der Waals surface area contributed by atoms with Gasteiger partial charge in [-0.3, -0.25) is 4.79 Å². The summed E-state index contributed by atoms with van der Waals surface area (Å²) < 4.78 is 5.28. The average Bonchev–Trinajstić information content (AvgIpc) is 3.00. The first kappa shape index (κ1) is 24.3. The van der Waals surface area contributed by atoms with E-state index >= 15 is 0 Å². The molecule has 0 aliphatic heterocycles. The Hall–Kier alpha value is -3.02. The second-order valence-electron chi connectivity index (χ2n) is 9.26. The van der Waals surface area contributed by atoms with E-state index in [4.69, 9.17) is 4.74 Å². The first-order chi connectivity index (χ1) is 14.5. The number of hydrogen-bond donors (Lipinski definition) is 3. The molecule has 0 unspecified atom stereocenters. The van der Waals surface area contributed by atoms with Crippen molar-refractivity contribution in [3.8, 4) is 0 Å². The predicted molar refractivity (Wildman–Crippen MR) is 127 cm³/mol. The lowest BCUT2D eigenvalue weighted by Gasteiger charge is -2.24. The van der Waals surface area contributed by atoms with Crippen LogP contribution in [-0.4, -0.2) is 28.6 Å². The fraction of sp³-hybridized carbons (Fsp3) is 0.440. The highest BCUT2D eigenvalue weighted by atomic mass is 16.6. The molecule has 0 saturated carbocycles. The minimum Gasteiger partial charge on any atom is -0.444 e. The SMILES string of the molecule is CC(C)=CCc1[nH]c2ccccc2c1/C=C\NC(=O)[C@@H](NC(=O)OC(C)(C)C)C(C)C. The maximum Gasteiger partial charge on any atom is 0.408 e. The lowest BCUT2D eigenvalue weighted by molar-refractivity contribution is -0.123. The molecule has 2 amide bonds. The molecule has 0 saturated heterocycles. The summed E-state index contributed by atoms with van der Waals surface area (Å²) in [5.41, 5.74) is 3.79. The molecule has 1 aromatic carbocycles. The lowest BCUT2D eigenvalue weighted by atomic mass is 10.0. The van der Waals surface area contributed by atoms with E-state index in [0.717, 1.165) is 28.6 Å². The number of H-pyrrole nitrogens is 1. The predicted octanol–water partition coefficient (Wildman–Crippen LogP) is 5.31. The van der Waals surface area contributed by atoms with Gasteiger partial charge in [-0.2, -0.15) is 0 Å². The zero-order chi connectivity index (χ0) is 23.2. The van der Waals surface area contributed by atoms with Crippen LogP contribution in [-0.2, 0) is 16.0 Å². The lowest BCUT2D eigenvalue weighted by Crippen LogP contribution is -2.49. The normalized spacial score (nSPS) is 12.8. The summed E-state index contributed by atoms with van der Waals surface area (Å²) in [4.78, 5) is 28.3. The number of aromatic amines is 1. The van der Waals surface area contributed by atoms with Crippen molar-refractivity contribution in [1.29, 1.82) is 0 Å². The molecule has 0 radical (unpaired) electrons. The average molecular weight is 426 g/mol. The molecule has 1 heterocycles. The van der Waals surface area contributed by atoms with Crippen molar-refractivity contribution in [3.63, 3.8) is 0 Å². The number of benzene rings is 1. The first-order valence-corrected chi connectivity index (χ1v) is 10.7. The number of ether oxygens (including phenoxy) is 1. The summed E-state index contributed by atoms with van der Waals surface area (Å²) in [5, 5.41) is 6.57. The zero-order valence-electron chi connectivity index (χ0n) is 19.6.